The number of pyridine rings is 1. The molecule has 0 atom stereocenters. The number of nitro groups is 1. The van der Waals surface area contributed by atoms with Gasteiger partial charge >= 0.3 is 0 Å². The van der Waals surface area contributed by atoms with Crippen molar-refractivity contribution >= 4 is 34.2 Å². The number of benzene rings is 1. The zero-order valence-electron chi connectivity index (χ0n) is 12.8. The molecule has 8 heteroatoms. The van der Waals surface area contributed by atoms with Crippen LogP contribution in [0.3, 0.4) is 0 Å². The number of anilines is 1. The maximum Gasteiger partial charge on any atom is 0.278 e. The van der Waals surface area contributed by atoms with Gasteiger partial charge in [-0.2, -0.15) is 0 Å². The van der Waals surface area contributed by atoms with Crippen molar-refractivity contribution in [2.75, 3.05) is 17.6 Å². The van der Waals surface area contributed by atoms with Crippen molar-refractivity contribution in [3.8, 4) is 0 Å². The van der Waals surface area contributed by atoms with Crippen LogP contribution in [0.15, 0.2) is 53.9 Å². The summed E-state index contributed by atoms with van der Waals surface area (Å²) >= 11 is 1.67. The Labute approximate surface area is 142 Å². The Hall–Kier alpha value is -2.74. The Morgan fingerprint density at radius 1 is 1.12 bits per heavy atom. The first-order valence-electron chi connectivity index (χ1n) is 7.40. The third kappa shape index (κ3) is 3.77. The summed E-state index contributed by atoms with van der Waals surface area (Å²) in [4.78, 5) is 24.0. The Morgan fingerprint density at radius 2 is 1.96 bits per heavy atom. The average molecular weight is 341 g/mol. The fourth-order valence-corrected chi connectivity index (χ4v) is 3.28. The first kappa shape index (κ1) is 16.1. The molecule has 0 aliphatic rings. The molecular weight excluding hydrogens is 326 g/mol. The average Bonchev–Trinajstić information content (AvgIpc) is 2.62. The molecule has 7 nitrogen and oxygen atoms in total. The summed E-state index contributed by atoms with van der Waals surface area (Å²) in [6.07, 6.45) is 7.52. The molecule has 0 radical (unpaired) electrons. The number of nitrogens with zero attached hydrogens (tertiary/aromatic N) is 4. The van der Waals surface area contributed by atoms with Crippen molar-refractivity contribution < 1.29 is 4.92 Å². The molecule has 0 saturated heterocycles. The molecule has 3 aromatic rings. The van der Waals surface area contributed by atoms with E-state index >= 15 is 0 Å². The van der Waals surface area contributed by atoms with E-state index in [9.17, 15) is 10.1 Å². The third-order valence-corrected chi connectivity index (χ3v) is 4.54. The lowest BCUT2D eigenvalue weighted by atomic mass is 10.1. The summed E-state index contributed by atoms with van der Waals surface area (Å²) < 4.78 is 0. The molecule has 2 heterocycles. The lowest BCUT2D eigenvalue weighted by Gasteiger charge is -2.07. The first-order chi connectivity index (χ1) is 11.8. The van der Waals surface area contributed by atoms with E-state index in [1.807, 2.05) is 6.07 Å². The summed E-state index contributed by atoms with van der Waals surface area (Å²) in [6, 6.07) is 6.94. The molecule has 0 aliphatic heterocycles. The molecule has 0 amide bonds. The van der Waals surface area contributed by atoms with Gasteiger partial charge in [-0.1, -0.05) is 0 Å². The monoisotopic (exact) mass is 341 g/mol. The Kier molecular flexibility index (Phi) is 5.17. The number of fused-ring (bicyclic) bond motifs is 1. The van der Waals surface area contributed by atoms with Crippen LogP contribution in [-0.2, 0) is 0 Å². The molecule has 0 aliphatic carbocycles. The molecule has 0 fully saturated rings. The number of hydrogen-bond donors (Lipinski definition) is 1. The van der Waals surface area contributed by atoms with Crippen molar-refractivity contribution in [3.05, 3.63) is 59.2 Å². The smallest absolute Gasteiger partial charge is 0.278 e. The number of thioether (sulfide) groups is 1. The highest BCUT2D eigenvalue weighted by molar-refractivity contribution is 7.99. The predicted octanol–water partition coefficient (Wildman–Crippen LogP) is 3.53. The number of hydrogen-bond acceptors (Lipinski definition) is 7. The van der Waals surface area contributed by atoms with Crippen LogP contribution in [0.25, 0.3) is 10.8 Å². The molecule has 122 valence electrons. The van der Waals surface area contributed by atoms with Gasteiger partial charge in [-0.3, -0.25) is 15.1 Å². The number of non-ortho nitro benzene ring substituents is 1. The van der Waals surface area contributed by atoms with E-state index in [1.165, 1.54) is 0 Å². The molecule has 2 aromatic heterocycles. The molecule has 0 spiro atoms. The van der Waals surface area contributed by atoms with Gasteiger partial charge in [0, 0.05) is 47.7 Å². The largest absolute Gasteiger partial charge is 0.354 e. The Balaban J connectivity index is 1.61. The van der Waals surface area contributed by atoms with Gasteiger partial charge in [0.1, 0.15) is 0 Å². The lowest BCUT2D eigenvalue weighted by Crippen LogP contribution is -2.05. The van der Waals surface area contributed by atoms with Crippen LogP contribution in [-0.4, -0.2) is 32.2 Å². The summed E-state index contributed by atoms with van der Waals surface area (Å²) in [7, 11) is 0. The minimum Gasteiger partial charge on any atom is -0.354 e. The quantitative estimate of drug-likeness (QED) is 0.304. The van der Waals surface area contributed by atoms with E-state index in [2.05, 4.69) is 20.3 Å². The topological polar surface area (TPSA) is 93.8 Å². The van der Waals surface area contributed by atoms with Crippen molar-refractivity contribution in [1.29, 1.82) is 0 Å². The van der Waals surface area contributed by atoms with Gasteiger partial charge in [0.2, 0.25) is 5.95 Å². The highest BCUT2D eigenvalue weighted by Crippen LogP contribution is 2.33. The zero-order valence-corrected chi connectivity index (χ0v) is 13.6. The van der Waals surface area contributed by atoms with Crippen LogP contribution >= 0.6 is 11.8 Å². The predicted molar refractivity (Wildman–Crippen MR) is 94.3 cm³/mol. The van der Waals surface area contributed by atoms with Crippen LogP contribution < -0.4 is 5.32 Å². The van der Waals surface area contributed by atoms with E-state index in [4.69, 9.17) is 0 Å². The van der Waals surface area contributed by atoms with E-state index in [-0.39, 0.29) is 10.6 Å². The van der Waals surface area contributed by atoms with Gasteiger partial charge in [0.25, 0.3) is 5.69 Å². The fraction of sp³-hybridized carbons (Fsp3) is 0.188. The number of rotatable bonds is 7. The van der Waals surface area contributed by atoms with E-state index < -0.39 is 0 Å². The summed E-state index contributed by atoms with van der Waals surface area (Å²) in [6.45, 7) is 0.767. The maximum atomic E-state index is 11.1. The van der Waals surface area contributed by atoms with Crippen LogP contribution in [0.5, 0.6) is 0 Å². The zero-order chi connectivity index (χ0) is 16.8. The number of aromatic nitrogens is 3. The third-order valence-electron chi connectivity index (χ3n) is 3.38. The minimum absolute atomic E-state index is 0.0883. The second kappa shape index (κ2) is 7.69. The lowest BCUT2D eigenvalue weighted by molar-refractivity contribution is -0.383. The van der Waals surface area contributed by atoms with Gasteiger partial charge in [0.05, 0.1) is 10.3 Å². The van der Waals surface area contributed by atoms with Crippen molar-refractivity contribution in [2.24, 2.45) is 0 Å². The second-order valence-electron chi connectivity index (χ2n) is 4.96. The van der Waals surface area contributed by atoms with Gasteiger partial charge in [-0.25, -0.2) is 9.97 Å². The molecule has 1 aromatic carbocycles. The van der Waals surface area contributed by atoms with Crippen molar-refractivity contribution in [3.63, 3.8) is 0 Å². The Morgan fingerprint density at radius 3 is 2.75 bits per heavy atom. The standard InChI is InChI=1S/C16H15N5O2S/c22-21(23)14-3-4-15(12-5-9-17-11-13(12)14)24-10-2-8-20-16-18-6-1-7-19-16/h1,3-7,9,11H,2,8,10H2,(H,18,19,20). The van der Waals surface area contributed by atoms with Gasteiger partial charge in [0.15, 0.2) is 0 Å². The van der Waals surface area contributed by atoms with Crippen LogP contribution in [0.2, 0.25) is 0 Å². The maximum absolute atomic E-state index is 11.1. The summed E-state index contributed by atoms with van der Waals surface area (Å²) in [5.41, 5.74) is 0.0883. The highest BCUT2D eigenvalue weighted by Gasteiger charge is 2.14. The normalized spacial score (nSPS) is 10.7. The van der Waals surface area contributed by atoms with Gasteiger partial charge < -0.3 is 5.32 Å². The van der Waals surface area contributed by atoms with Crippen LogP contribution in [0, 0.1) is 10.1 Å². The highest BCUT2D eigenvalue weighted by atomic mass is 32.2. The van der Waals surface area contributed by atoms with Crippen LogP contribution in [0.1, 0.15) is 6.42 Å². The molecule has 0 saturated carbocycles. The minimum atomic E-state index is -0.373. The Bertz CT molecular complexity index is 844. The molecule has 0 unspecified atom stereocenters. The van der Waals surface area contributed by atoms with E-state index in [1.54, 1.807) is 54.7 Å². The summed E-state index contributed by atoms with van der Waals surface area (Å²) in [5, 5.41) is 15.7. The first-order valence-corrected chi connectivity index (χ1v) is 8.39. The number of nitro benzene ring substituents is 1. The molecule has 3 rings (SSSR count). The van der Waals surface area contributed by atoms with Gasteiger partial charge in [-0.05, 0) is 30.4 Å². The van der Waals surface area contributed by atoms with Gasteiger partial charge in [-0.15, -0.1) is 11.8 Å². The molecule has 24 heavy (non-hydrogen) atoms. The van der Waals surface area contributed by atoms with E-state index in [0.717, 1.165) is 29.0 Å². The molecular formula is C16H15N5O2S. The SMILES string of the molecule is O=[N+]([O-])c1ccc(SCCCNc2ncccn2)c2ccncc12. The second-order valence-corrected chi connectivity index (χ2v) is 6.10. The molecule has 1 N–H and O–H groups in total. The van der Waals surface area contributed by atoms with Crippen molar-refractivity contribution in [1.82, 2.24) is 15.0 Å². The van der Waals surface area contributed by atoms with Crippen molar-refractivity contribution in [2.45, 2.75) is 11.3 Å². The van der Waals surface area contributed by atoms with Crippen LogP contribution in [0.4, 0.5) is 11.6 Å². The number of nitrogens with one attached hydrogen (secondary N) is 1. The molecule has 0 bridgehead atoms. The summed E-state index contributed by atoms with van der Waals surface area (Å²) in [5.74, 6) is 1.50. The fourth-order valence-electron chi connectivity index (χ4n) is 2.28. The van der Waals surface area contributed by atoms with E-state index in [0.29, 0.717) is 11.3 Å².